The standard InChI is InChI=1S/C16H19ClN2/c1-11-6-7-13(9-14(11)17)16(18-3)10-15-12(2)5-4-8-19-15/h4-9,16,18H,10H2,1-3H3. The van der Waals surface area contributed by atoms with Gasteiger partial charge in [-0.3, -0.25) is 4.98 Å². The molecule has 0 saturated carbocycles. The molecule has 1 aromatic carbocycles. The molecule has 19 heavy (non-hydrogen) atoms. The van der Waals surface area contributed by atoms with Crippen LogP contribution in [0.2, 0.25) is 5.02 Å². The van der Waals surface area contributed by atoms with E-state index in [-0.39, 0.29) is 6.04 Å². The summed E-state index contributed by atoms with van der Waals surface area (Å²) in [6, 6.07) is 10.5. The lowest BCUT2D eigenvalue weighted by Gasteiger charge is -2.18. The highest BCUT2D eigenvalue weighted by molar-refractivity contribution is 6.31. The predicted octanol–water partition coefficient (Wildman–Crippen LogP) is 3.86. The number of pyridine rings is 1. The summed E-state index contributed by atoms with van der Waals surface area (Å²) in [5.41, 5.74) is 4.65. The molecule has 0 aliphatic heterocycles. The SMILES string of the molecule is CNC(Cc1ncccc1C)c1ccc(C)c(Cl)c1. The highest BCUT2D eigenvalue weighted by atomic mass is 35.5. The van der Waals surface area contributed by atoms with E-state index in [9.17, 15) is 0 Å². The zero-order valence-corrected chi connectivity index (χ0v) is 12.3. The normalized spacial score (nSPS) is 12.4. The first-order chi connectivity index (χ1) is 9.11. The summed E-state index contributed by atoms with van der Waals surface area (Å²) in [7, 11) is 1.97. The Morgan fingerprint density at radius 1 is 1.21 bits per heavy atom. The summed E-state index contributed by atoms with van der Waals surface area (Å²) in [6.45, 7) is 4.11. The molecule has 1 heterocycles. The number of likely N-dealkylation sites (N-methyl/N-ethyl adjacent to an activating group) is 1. The number of hydrogen-bond acceptors (Lipinski definition) is 2. The van der Waals surface area contributed by atoms with Gasteiger partial charge in [0.15, 0.2) is 0 Å². The topological polar surface area (TPSA) is 24.9 Å². The van der Waals surface area contributed by atoms with Crippen molar-refractivity contribution < 1.29 is 0 Å². The van der Waals surface area contributed by atoms with Crippen LogP contribution in [0.25, 0.3) is 0 Å². The molecule has 0 aliphatic rings. The molecule has 1 unspecified atom stereocenters. The van der Waals surface area contributed by atoms with Crippen LogP contribution in [0.3, 0.4) is 0 Å². The van der Waals surface area contributed by atoms with Crippen molar-refractivity contribution in [3.8, 4) is 0 Å². The van der Waals surface area contributed by atoms with Crippen LogP contribution >= 0.6 is 11.6 Å². The Kier molecular flexibility index (Phi) is 4.56. The highest BCUT2D eigenvalue weighted by Gasteiger charge is 2.13. The molecule has 0 amide bonds. The molecule has 2 nitrogen and oxygen atoms in total. The van der Waals surface area contributed by atoms with Crippen LogP contribution in [-0.4, -0.2) is 12.0 Å². The van der Waals surface area contributed by atoms with Crippen LogP contribution in [-0.2, 0) is 6.42 Å². The van der Waals surface area contributed by atoms with Crippen molar-refractivity contribution in [2.24, 2.45) is 0 Å². The first-order valence-corrected chi connectivity index (χ1v) is 6.83. The van der Waals surface area contributed by atoms with Crippen LogP contribution < -0.4 is 5.32 Å². The van der Waals surface area contributed by atoms with Crippen LogP contribution in [0.1, 0.15) is 28.4 Å². The molecular formula is C16H19ClN2. The van der Waals surface area contributed by atoms with E-state index in [1.54, 1.807) is 0 Å². The number of rotatable bonds is 4. The van der Waals surface area contributed by atoms with Gasteiger partial charge < -0.3 is 5.32 Å². The largest absolute Gasteiger partial charge is 0.313 e. The number of aromatic nitrogens is 1. The van der Waals surface area contributed by atoms with E-state index < -0.39 is 0 Å². The van der Waals surface area contributed by atoms with E-state index in [1.807, 2.05) is 32.3 Å². The van der Waals surface area contributed by atoms with Crippen molar-refractivity contribution in [3.05, 3.63) is 63.9 Å². The third kappa shape index (κ3) is 3.34. The summed E-state index contributed by atoms with van der Waals surface area (Å²) in [5.74, 6) is 0. The molecule has 1 N–H and O–H groups in total. The van der Waals surface area contributed by atoms with Gasteiger partial charge >= 0.3 is 0 Å². The van der Waals surface area contributed by atoms with Crippen molar-refractivity contribution in [2.45, 2.75) is 26.3 Å². The summed E-state index contributed by atoms with van der Waals surface area (Å²) < 4.78 is 0. The lowest BCUT2D eigenvalue weighted by Crippen LogP contribution is -2.19. The van der Waals surface area contributed by atoms with Gasteiger partial charge in [0.2, 0.25) is 0 Å². The minimum Gasteiger partial charge on any atom is -0.313 e. The number of nitrogens with zero attached hydrogens (tertiary/aromatic N) is 1. The van der Waals surface area contributed by atoms with Gasteiger partial charge in [-0.05, 0) is 49.7 Å². The van der Waals surface area contributed by atoms with Gasteiger partial charge in [-0.25, -0.2) is 0 Å². The molecule has 1 aromatic heterocycles. The summed E-state index contributed by atoms with van der Waals surface area (Å²) in [5, 5.41) is 4.16. The van der Waals surface area contributed by atoms with Gasteiger partial charge in [0.1, 0.15) is 0 Å². The maximum atomic E-state index is 6.21. The molecule has 0 fully saturated rings. The van der Waals surface area contributed by atoms with Crippen molar-refractivity contribution in [2.75, 3.05) is 7.05 Å². The molecule has 0 radical (unpaired) electrons. The number of aryl methyl sites for hydroxylation is 2. The van der Waals surface area contributed by atoms with Gasteiger partial charge in [-0.15, -0.1) is 0 Å². The average molecular weight is 275 g/mol. The number of nitrogens with one attached hydrogen (secondary N) is 1. The van der Waals surface area contributed by atoms with Crippen molar-refractivity contribution >= 4 is 11.6 Å². The maximum absolute atomic E-state index is 6.21. The third-order valence-electron chi connectivity index (χ3n) is 3.46. The van der Waals surface area contributed by atoms with Gasteiger partial charge in [-0.2, -0.15) is 0 Å². The average Bonchev–Trinajstić information content (AvgIpc) is 2.41. The van der Waals surface area contributed by atoms with E-state index in [2.05, 4.69) is 35.4 Å². The maximum Gasteiger partial charge on any atom is 0.0451 e. The fraction of sp³-hybridized carbons (Fsp3) is 0.312. The Hall–Kier alpha value is -1.38. The molecule has 0 bridgehead atoms. The second-order valence-corrected chi connectivity index (χ2v) is 5.23. The first-order valence-electron chi connectivity index (χ1n) is 6.45. The zero-order chi connectivity index (χ0) is 13.8. The van der Waals surface area contributed by atoms with E-state index >= 15 is 0 Å². The van der Waals surface area contributed by atoms with Crippen LogP contribution in [0.15, 0.2) is 36.5 Å². The third-order valence-corrected chi connectivity index (χ3v) is 3.87. The quantitative estimate of drug-likeness (QED) is 0.916. The van der Waals surface area contributed by atoms with Crippen molar-refractivity contribution in [3.63, 3.8) is 0 Å². The monoisotopic (exact) mass is 274 g/mol. The molecule has 2 rings (SSSR count). The van der Waals surface area contributed by atoms with E-state index in [0.29, 0.717) is 0 Å². The Labute approximate surface area is 119 Å². The predicted molar refractivity (Wildman–Crippen MR) is 80.7 cm³/mol. The van der Waals surface area contributed by atoms with Crippen LogP contribution in [0, 0.1) is 13.8 Å². The lowest BCUT2D eigenvalue weighted by molar-refractivity contribution is 0.582. The van der Waals surface area contributed by atoms with E-state index in [4.69, 9.17) is 11.6 Å². The van der Waals surface area contributed by atoms with Crippen LogP contribution in [0.4, 0.5) is 0 Å². The molecule has 1 atom stereocenters. The van der Waals surface area contributed by atoms with Gasteiger partial charge in [0.05, 0.1) is 0 Å². The summed E-state index contributed by atoms with van der Waals surface area (Å²) in [4.78, 5) is 4.46. The Morgan fingerprint density at radius 3 is 2.63 bits per heavy atom. The molecule has 0 saturated heterocycles. The minimum atomic E-state index is 0.228. The Morgan fingerprint density at radius 2 is 2.00 bits per heavy atom. The molecule has 100 valence electrons. The number of halogens is 1. The first kappa shape index (κ1) is 14.0. The molecule has 2 aromatic rings. The van der Waals surface area contributed by atoms with E-state index in [0.717, 1.165) is 22.7 Å². The van der Waals surface area contributed by atoms with E-state index in [1.165, 1.54) is 11.1 Å². The summed E-state index contributed by atoms with van der Waals surface area (Å²) >= 11 is 6.21. The van der Waals surface area contributed by atoms with Gasteiger partial charge in [0, 0.05) is 29.4 Å². The van der Waals surface area contributed by atoms with Crippen LogP contribution in [0.5, 0.6) is 0 Å². The highest BCUT2D eigenvalue weighted by Crippen LogP contribution is 2.24. The molecule has 0 spiro atoms. The Balaban J connectivity index is 2.25. The second-order valence-electron chi connectivity index (χ2n) is 4.82. The van der Waals surface area contributed by atoms with Crippen molar-refractivity contribution in [1.29, 1.82) is 0 Å². The molecule has 3 heteroatoms. The Bertz CT molecular complexity index is 566. The van der Waals surface area contributed by atoms with Gasteiger partial charge in [0.25, 0.3) is 0 Å². The smallest absolute Gasteiger partial charge is 0.0451 e. The molecular weight excluding hydrogens is 256 g/mol. The fourth-order valence-electron chi connectivity index (χ4n) is 2.14. The zero-order valence-electron chi connectivity index (χ0n) is 11.6. The second kappa shape index (κ2) is 6.18. The van der Waals surface area contributed by atoms with Crippen molar-refractivity contribution in [1.82, 2.24) is 10.3 Å². The number of hydrogen-bond donors (Lipinski definition) is 1. The molecule has 0 aliphatic carbocycles. The van der Waals surface area contributed by atoms with Gasteiger partial charge in [-0.1, -0.05) is 29.8 Å². The minimum absolute atomic E-state index is 0.228. The summed E-state index contributed by atoms with van der Waals surface area (Å²) in [6.07, 6.45) is 2.71. The fourth-order valence-corrected chi connectivity index (χ4v) is 2.33. The lowest BCUT2D eigenvalue weighted by atomic mass is 9.99. The number of benzene rings is 1.